The zero-order valence-electron chi connectivity index (χ0n) is 11.7. The van der Waals surface area contributed by atoms with Gasteiger partial charge in [-0.2, -0.15) is 5.26 Å². The Morgan fingerprint density at radius 3 is 3.00 bits per heavy atom. The van der Waals surface area contributed by atoms with E-state index in [1.54, 1.807) is 19.1 Å². The molecule has 0 bridgehead atoms. The Morgan fingerprint density at radius 1 is 1.59 bits per heavy atom. The third-order valence-corrected chi connectivity index (χ3v) is 2.88. The molecule has 112 valence electrons. The second-order valence-electron chi connectivity index (χ2n) is 4.38. The van der Waals surface area contributed by atoms with Gasteiger partial charge in [0.25, 0.3) is 5.69 Å². The minimum atomic E-state index is -0.712. The molecule has 1 aromatic carbocycles. The van der Waals surface area contributed by atoms with Crippen LogP contribution in [0.4, 0.5) is 5.69 Å². The first kappa shape index (κ1) is 15.3. The highest BCUT2D eigenvalue weighted by Crippen LogP contribution is 2.30. The van der Waals surface area contributed by atoms with E-state index in [9.17, 15) is 14.9 Å². The van der Waals surface area contributed by atoms with E-state index in [0.717, 1.165) is 0 Å². The number of nitro benzene ring substituents is 1. The predicted molar refractivity (Wildman–Crippen MR) is 76.9 cm³/mol. The molecule has 0 saturated carbocycles. The van der Waals surface area contributed by atoms with Gasteiger partial charge in [0.2, 0.25) is 0 Å². The van der Waals surface area contributed by atoms with Crippen molar-refractivity contribution in [2.24, 2.45) is 0 Å². The smallest absolute Gasteiger partial charge is 0.348 e. The maximum atomic E-state index is 11.6. The molecule has 2 rings (SSSR count). The molecule has 0 atom stereocenters. The fourth-order valence-electron chi connectivity index (χ4n) is 1.91. The quantitative estimate of drug-likeness (QED) is 0.278. The molecule has 1 aliphatic rings. The Labute approximate surface area is 126 Å². The third-order valence-electron chi connectivity index (χ3n) is 2.88. The Kier molecular flexibility index (Phi) is 4.53. The van der Waals surface area contributed by atoms with E-state index in [1.807, 2.05) is 0 Å². The molecule has 1 aromatic rings. The average molecular weight is 300 g/mol. The Bertz CT molecular complexity index is 728. The number of esters is 1. The number of rotatable bonds is 4. The summed E-state index contributed by atoms with van der Waals surface area (Å²) in [6, 6.07) is 6.01. The van der Waals surface area contributed by atoms with Crippen molar-refractivity contribution >= 4 is 17.7 Å². The lowest BCUT2D eigenvalue weighted by atomic mass is 10.0. The van der Waals surface area contributed by atoms with Gasteiger partial charge in [0.05, 0.1) is 11.5 Å². The number of hydrogen-bond acceptors (Lipinski definition) is 6. The largest absolute Gasteiger partial charge is 0.488 e. The normalized spacial score (nSPS) is 13.3. The highest BCUT2D eigenvalue weighted by Gasteiger charge is 2.17. The Morgan fingerprint density at radius 2 is 2.36 bits per heavy atom. The number of carbonyl (C=O) groups is 1. The van der Waals surface area contributed by atoms with Crippen molar-refractivity contribution < 1.29 is 19.2 Å². The number of hydrogen-bond donors (Lipinski definition) is 0. The fourth-order valence-corrected chi connectivity index (χ4v) is 1.91. The second kappa shape index (κ2) is 6.54. The Balaban J connectivity index is 2.34. The zero-order valence-corrected chi connectivity index (χ0v) is 11.7. The molecular weight excluding hydrogens is 288 g/mol. The second-order valence-corrected chi connectivity index (χ2v) is 4.38. The van der Waals surface area contributed by atoms with Crippen molar-refractivity contribution in [2.45, 2.75) is 6.92 Å². The molecule has 0 radical (unpaired) electrons. The van der Waals surface area contributed by atoms with Gasteiger partial charge in [0.1, 0.15) is 24.0 Å². The molecule has 7 nitrogen and oxygen atoms in total. The van der Waals surface area contributed by atoms with Crippen LogP contribution in [0.1, 0.15) is 12.5 Å². The van der Waals surface area contributed by atoms with Crippen molar-refractivity contribution in [1.29, 1.82) is 5.26 Å². The maximum absolute atomic E-state index is 11.6. The van der Waals surface area contributed by atoms with E-state index in [1.165, 1.54) is 24.3 Å². The van der Waals surface area contributed by atoms with Crippen molar-refractivity contribution in [1.82, 2.24) is 0 Å². The van der Waals surface area contributed by atoms with Crippen LogP contribution in [0.5, 0.6) is 5.75 Å². The summed E-state index contributed by atoms with van der Waals surface area (Å²) in [5.74, 6) is -0.201. The van der Waals surface area contributed by atoms with E-state index in [0.29, 0.717) is 16.9 Å². The summed E-state index contributed by atoms with van der Waals surface area (Å²) in [5, 5.41) is 19.8. The standard InChI is InChI=1S/C15H12N2O5/c1-2-21-15(18)12(8-16)6-10-5-11-7-13(17(19)20)3-4-14(11)22-9-10/h3-7H,2,9H2,1H3/b12-6+. The highest BCUT2D eigenvalue weighted by molar-refractivity contribution is 5.93. The molecular formula is C15H12N2O5. The summed E-state index contributed by atoms with van der Waals surface area (Å²) in [6.45, 7) is 1.98. The third kappa shape index (κ3) is 3.30. The van der Waals surface area contributed by atoms with E-state index in [2.05, 4.69) is 0 Å². The van der Waals surface area contributed by atoms with Gasteiger partial charge in [-0.1, -0.05) is 0 Å². The van der Waals surface area contributed by atoms with E-state index >= 15 is 0 Å². The zero-order chi connectivity index (χ0) is 16.1. The van der Waals surface area contributed by atoms with E-state index in [4.69, 9.17) is 14.7 Å². The number of fused-ring (bicyclic) bond motifs is 1. The summed E-state index contributed by atoms with van der Waals surface area (Å²) in [4.78, 5) is 21.8. The van der Waals surface area contributed by atoms with Crippen LogP contribution >= 0.6 is 0 Å². The SMILES string of the molecule is CCOC(=O)/C(C#N)=C/C1=Cc2cc([N+](=O)[O-])ccc2OC1. The molecule has 1 heterocycles. The van der Waals surface area contributed by atoms with Crippen molar-refractivity contribution in [2.75, 3.05) is 13.2 Å². The molecule has 0 unspecified atom stereocenters. The first-order valence-corrected chi connectivity index (χ1v) is 6.46. The maximum Gasteiger partial charge on any atom is 0.348 e. The lowest BCUT2D eigenvalue weighted by Crippen LogP contribution is -2.10. The molecule has 0 amide bonds. The van der Waals surface area contributed by atoms with Gasteiger partial charge in [-0.05, 0) is 30.7 Å². The minimum absolute atomic E-state index is 0.0604. The van der Waals surface area contributed by atoms with Gasteiger partial charge in [0.15, 0.2) is 0 Å². The van der Waals surface area contributed by atoms with Crippen LogP contribution in [0.25, 0.3) is 6.08 Å². The topological polar surface area (TPSA) is 102 Å². The van der Waals surface area contributed by atoms with Crippen molar-refractivity contribution in [3.63, 3.8) is 0 Å². The fraction of sp³-hybridized carbons (Fsp3) is 0.200. The van der Waals surface area contributed by atoms with Crippen LogP contribution in [0.3, 0.4) is 0 Å². The molecule has 0 aliphatic carbocycles. The summed E-state index contributed by atoms with van der Waals surface area (Å²) < 4.78 is 10.2. The molecule has 0 aromatic heterocycles. The van der Waals surface area contributed by atoms with E-state index in [-0.39, 0.29) is 24.5 Å². The van der Waals surface area contributed by atoms with Crippen molar-refractivity contribution in [3.8, 4) is 11.8 Å². The molecule has 7 heteroatoms. The highest BCUT2D eigenvalue weighted by atomic mass is 16.6. The molecule has 0 N–H and O–H groups in total. The summed E-state index contributed by atoms with van der Waals surface area (Å²) in [5.41, 5.74) is 0.866. The number of ether oxygens (including phenoxy) is 2. The first-order valence-electron chi connectivity index (χ1n) is 6.46. The van der Waals surface area contributed by atoms with Crippen LogP contribution < -0.4 is 4.74 Å². The number of benzene rings is 1. The lowest BCUT2D eigenvalue weighted by molar-refractivity contribution is -0.384. The number of carbonyl (C=O) groups excluding carboxylic acids is 1. The number of nitriles is 1. The van der Waals surface area contributed by atoms with Crippen LogP contribution in [0.15, 0.2) is 35.4 Å². The first-order chi connectivity index (χ1) is 10.5. The van der Waals surface area contributed by atoms with Crippen LogP contribution in [-0.4, -0.2) is 24.1 Å². The van der Waals surface area contributed by atoms with Crippen LogP contribution in [0.2, 0.25) is 0 Å². The van der Waals surface area contributed by atoms with Gasteiger partial charge in [-0.15, -0.1) is 0 Å². The van der Waals surface area contributed by atoms with Crippen LogP contribution in [-0.2, 0) is 9.53 Å². The predicted octanol–water partition coefficient (Wildman–Crippen LogP) is 2.38. The lowest BCUT2D eigenvalue weighted by Gasteiger charge is -2.16. The van der Waals surface area contributed by atoms with Gasteiger partial charge < -0.3 is 9.47 Å². The average Bonchev–Trinajstić information content (AvgIpc) is 2.51. The molecule has 0 saturated heterocycles. The summed E-state index contributed by atoms with van der Waals surface area (Å²) >= 11 is 0. The number of nitrogens with zero attached hydrogens (tertiary/aromatic N) is 2. The monoisotopic (exact) mass is 300 g/mol. The molecule has 1 aliphatic heterocycles. The van der Waals surface area contributed by atoms with Gasteiger partial charge >= 0.3 is 5.97 Å². The Hall–Kier alpha value is -3.14. The van der Waals surface area contributed by atoms with Gasteiger partial charge in [-0.3, -0.25) is 10.1 Å². The van der Waals surface area contributed by atoms with Crippen LogP contribution in [0, 0.1) is 21.4 Å². The summed E-state index contributed by atoms with van der Waals surface area (Å²) in [7, 11) is 0. The number of nitro groups is 1. The van der Waals surface area contributed by atoms with E-state index < -0.39 is 10.9 Å². The molecule has 0 fully saturated rings. The molecule has 0 spiro atoms. The minimum Gasteiger partial charge on any atom is -0.488 e. The van der Waals surface area contributed by atoms with Gasteiger partial charge in [0, 0.05) is 17.7 Å². The number of non-ortho nitro benzene ring substituents is 1. The summed E-state index contributed by atoms with van der Waals surface area (Å²) in [6.07, 6.45) is 3.00. The molecule has 22 heavy (non-hydrogen) atoms. The van der Waals surface area contributed by atoms with Crippen molar-refractivity contribution in [3.05, 3.63) is 51.1 Å². The van der Waals surface area contributed by atoms with Gasteiger partial charge in [-0.25, -0.2) is 4.79 Å².